The zero-order valence-corrected chi connectivity index (χ0v) is 13.4. The molecule has 1 aliphatic rings. The van der Waals surface area contributed by atoms with Crippen LogP contribution in [0.1, 0.15) is 49.4 Å². The predicted octanol–water partition coefficient (Wildman–Crippen LogP) is 2.92. The number of likely N-dealkylation sites (tertiary alicyclic amines) is 1. The molecule has 4 nitrogen and oxygen atoms in total. The summed E-state index contributed by atoms with van der Waals surface area (Å²) < 4.78 is 0. The van der Waals surface area contributed by atoms with Crippen molar-refractivity contribution in [3.8, 4) is 0 Å². The summed E-state index contributed by atoms with van der Waals surface area (Å²) in [5.41, 5.74) is 6.25. The van der Waals surface area contributed by atoms with Gasteiger partial charge < -0.3 is 5.73 Å². The molecule has 1 saturated heterocycles. The summed E-state index contributed by atoms with van der Waals surface area (Å²) in [7, 11) is 0. The van der Waals surface area contributed by atoms with E-state index in [9.17, 15) is 4.79 Å². The van der Waals surface area contributed by atoms with Gasteiger partial charge in [-0.15, -0.1) is 22.9 Å². The monoisotopic (exact) mass is 315 g/mol. The fourth-order valence-corrected chi connectivity index (χ4v) is 4.14. The lowest BCUT2D eigenvalue weighted by atomic mass is 9.92. The molecule has 1 fully saturated rings. The number of aromatic nitrogens is 1. The van der Waals surface area contributed by atoms with E-state index in [1.54, 1.807) is 11.3 Å². The summed E-state index contributed by atoms with van der Waals surface area (Å²) in [4.78, 5) is 18.1. The van der Waals surface area contributed by atoms with Gasteiger partial charge in [-0.25, -0.2) is 4.98 Å². The molecule has 112 valence electrons. The maximum Gasteiger partial charge on any atom is 0.217 e. The molecule has 0 saturated carbocycles. The van der Waals surface area contributed by atoms with E-state index in [-0.39, 0.29) is 5.91 Å². The molecule has 0 aromatic carbocycles. The molecule has 2 N–H and O–H groups in total. The van der Waals surface area contributed by atoms with Crippen molar-refractivity contribution in [1.29, 1.82) is 0 Å². The quantitative estimate of drug-likeness (QED) is 0.821. The lowest BCUT2D eigenvalue weighted by Gasteiger charge is -2.36. The molecule has 6 heteroatoms. The second-order valence-corrected chi connectivity index (χ2v) is 6.54. The third-order valence-electron chi connectivity index (χ3n) is 3.96. The summed E-state index contributed by atoms with van der Waals surface area (Å²) in [5.74, 6) is 0.756. The first-order chi connectivity index (χ1) is 9.63. The Labute approximate surface area is 129 Å². The topological polar surface area (TPSA) is 59.2 Å². The minimum atomic E-state index is -0.179. The molecular formula is C14H22ClN3OS. The Morgan fingerprint density at radius 1 is 1.60 bits per heavy atom. The normalized spacial score (nSPS) is 19.1. The molecule has 20 heavy (non-hydrogen) atoms. The maximum atomic E-state index is 11.0. The van der Waals surface area contributed by atoms with Gasteiger partial charge in [0, 0.05) is 11.8 Å². The van der Waals surface area contributed by atoms with Gasteiger partial charge in [0.1, 0.15) is 5.01 Å². The predicted molar refractivity (Wildman–Crippen MR) is 82.8 cm³/mol. The zero-order valence-electron chi connectivity index (χ0n) is 11.8. The largest absolute Gasteiger partial charge is 0.370 e. The molecule has 1 amide bonds. The Bertz CT molecular complexity index is 443. The van der Waals surface area contributed by atoms with Crippen molar-refractivity contribution in [3.63, 3.8) is 0 Å². The van der Waals surface area contributed by atoms with Crippen molar-refractivity contribution in [2.24, 2.45) is 11.7 Å². The van der Waals surface area contributed by atoms with Crippen LogP contribution >= 0.6 is 22.9 Å². The molecule has 1 atom stereocenters. The molecule has 0 spiro atoms. The highest BCUT2D eigenvalue weighted by atomic mass is 35.5. The Morgan fingerprint density at radius 2 is 2.30 bits per heavy atom. The fraction of sp³-hybridized carbons (Fsp3) is 0.714. The van der Waals surface area contributed by atoms with Gasteiger partial charge in [0.15, 0.2) is 0 Å². The fourth-order valence-electron chi connectivity index (χ4n) is 2.88. The van der Waals surface area contributed by atoms with Crippen LogP contribution in [-0.2, 0) is 10.7 Å². The number of nitrogens with two attached hydrogens (primary N) is 1. The standard InChI is InChI=1S/C14H22ClN3OS/c1-2-12(14-17-11(8-15)9-20-14)18-5-3-10(4-6-18)7-13(16)19/h9-10,12H,2-8H2,1H3,(H2,16,19). The van der Waals surface area contributed by atoms with Crippen molar-refractivity contribution in [2.45, 2.75) is 44.5 Å². The number of amides is 1. The third kappa shape index (κ3) is 3.93. The molecule has 1 aromatic rings. The molecule has 0 aliphatic carbocycles. The van der Waals surface area contributed by atoms with Crippen LogP contribution in [0.4, 0.5) is 0 Å². The Hall–Kier alpha value is -0.650. The molecule has 1 unspecified atom stereocenters. The molecule has 0 radical (unpaired) electrons. The highest BCUT2D eigenvalue weighted by molar-refractivity contribution is 7.09. The van der Waals surface area contributed by atoms with Gasteiger partial charge in [-0.05, 0) is 38.3 Å². The van der Waals surface area contributed by atoms with E-state index in [0.29, 0.717) is 24.3 Å². The first-order valence-electron chi connectivity index (χ1n) is 7.16. The van der Waals surface area contributed by atoms with E-state index in [2.05, 4.69) is 16.8 Å². The number of nitrogens with zero attached hydrogens (tertiary/aromatic N) is 2. The van der Waals surface area contributed by atoms with Gasteiger partial charge in [0.05, 0.1) is 17.6 Å². The summed E-state index contributed by atoms with van der Waals surface area (Å²) in [5, 5.41) is 3.21. The SMILES string of the molecule is CCC(c1nc(CCl)cs1)N1CCC(CC(N)=O)CC1. The van der Waals surface area contributed by atoms with Crippen LogP contribution < -0.4 is 5.73 Å². The van der Waals surface area contributed by atoms with Crippen molar-refractivity contribution in [1.82, 2.24) is 9.88 Å². The van der Waals surface area contributed by atoms with Crippen LogP contribution in [0.25, 0.3) is 0 Å². The van der Waals surface area contributed by atoms with E-state index in [4.69, 9.17) is 17.3 Å². The first kappa shape index (κ1) is 15.7. The zero-order chi connectivity index (χ0) is 14.5. The van der Waals surface area contributed by atoms with Crippen LogP contribution in [0.3, 0.4) is 0 Å². The number of piperidine rings is 1. The van der Waals surface area contributed by atoms with Crippen molar-refractivity contribution in [3.05, 3.63) is 16.1 Å². The van der Waals surface area contributed by atoms with Crippen LogP contribution in [0.15, 0.2) is 5.38 Å². The van der Waals surface area contributed by atoms with E-state index < -0.39 is 0 Å². The molecule has 2 heterocycles. The van der Waals surface area contributed by atoms with Crippen molar-refractivity contribution in [2.75, 3.05) is 13.1 Å². The Morgan fingerprint density at radius 3 is 2.80 bits per heavy atom. The van der Waals surface area contributed by atoms with Gasteiger partial charge in [-0.2, -0.15) is 0 Å². The number of halogens is 1. The molecule has 1 aliphatic heterocycles. The number of carbonyl (C=O) groups excluding carboxylic acids is 1. The number of carbonyl (C=O) groups is 1. The van der Waals surface area contributed by atoms with Crippen molar-refractivity contribution < 1.29 is 4.79 Å². The maximum absolute atomic E-state index is 11.0. The van der Waals surface area contributed by atoms with Gasteiger partial charge in [0.25, 0.3) is 0 Å². The average molecular weight is 316 g/mol. The summed E-state index contributed by atoms with van der Waals surface area (Å²) in [6.07, 6.45) is 3.67. The molecule has 0 bridgehead atoms. The van der Waals surface area contributed by atoms with Gasteiger partial charge in [-0.1, -0.05) is 6.92 Å². The summed E-state index contributed by atoms with van der Waals surface area (Å²) >= 11 is 7.53. The Kier molecular flexibility index (Phi) is 5.81. The lowest BCUT2D eigenvalue weighted by Crippen LogP contribution is -2.37. The van der Waals surface area contributed by atoms with Crippen LogP contribution in [0.2, 0.25) is 0 Å². The molecular weight excluding hydrogens is 294 g/mol. The minimum Gasteiger partial charge on any atom is -0.370 e. The van der Waals surface area contributed by atoms with Gasteiger partial charge >= 0.3 is 0 Å². The van der Waals surface area contributed by atoms with Crippen LogP contribution in [0.5, 0.6) is 0 Å². The van der Waals surface area contributed by atoms with Crippen molar-refractivity contribution >= 4 is 28.8 Å². The number of hydrogen-bond donors (Lipinski definition) is 1. The number of thiazole rings is 1. The van der Waals surface area contributed by atoms with Crippen LogP contribution in [-0.4, -0.2) is 28.9 Å². The highest BCUT2D eigenvalue weighted by Crippen LogP contribution is 2.32. The van der Waals surface area contributed by atoms with E-state index in [1.807, 2.05) is 5.38 Å². The molecule has 2 rings (SSSR count). The molecule has 1 aromatic heterocycles. The van der Waals surface area contributed by atoms with E-state index >= 15 is 0 Å². The first-order valence-corrected chi connectivity index (χ1v) is 8.58. The van der Waals surface area contributed by atoms with Gasteiger partial charge in [-0.3, -0.25) is 9.69 Å². The Balaban J connectivity index is 1.94. The summed E-state index contributed by atoms with van der Waals surface area (Å²) in [6.45, 7) is 4.24. The number of hydrogen-bond acceptors (Lipinski definition) is 4. The third-order valence-corrected chi connectivity index (χ3v) is 5.23. The minimum absolute atomic E-state index is 0.179. The summed E-state index contributed by atoms with van der Waals surface area (Å²) in [6, 6.07) is 0.381. The van der Waals surface area contributed by atoms with Gasteiger partial charge in [0.2, 0.25) is 5.91 Å². The number of rotatable bonds is 6. The number of alkyl halides is 1. The number of primary amides is 1. The highest BCUT2D eigenvalue weighted by Gasteiger charge is 2.27. The smallest absolute Gasteiger partial charge is 0.217 e. The average Bonchev–Trinajstić information content (AvgIpc) is 2.90. The second kappa shape index (κ2) is 7.38. The second-order valence-electron chi connectivity index (χ2n) is 5.38. The lowest BCUT2D eigenvalue weighted by molar-refractivity contribution is -0.119. The van der Waals surface area contributed by atoms with Crippen LogP contribution in [0, 0.1) is 5.92 Å². The van der Waals surface area contributed by atoms with E-state index in [1.165, 1.54) is 0 Å². The van der Waals surface area contributed by atoms with E-state index in [0.717, 1.165) is 43.1 Å².